The van der Waals surface area contributed by atoms with Gasteiger partial charge in [-0.15, -0.1) is 11.8 Å². The topological polar surface area (TPSA) is 68.3 Å². The minimum absolute atomic E-state index is 0.0413. The number of rotatable bonds is 9. The molecule has 0 amide bonds. The fourth-order valence-corrected chi connectivity index (χ4v) is 2.54. The van der Waals surface area contributed by atoms with Crippen LogP contribution in [0.3, 0.4) is 0 Å². The molecule has 1 aromatic rings. The molecule has 0 saturated heterocycles. The Morgan fingerprint density at radius 3 is 2.70 bits per heavy atom. The molecule has 5 heteroatoms. The summed E-state index contributed by atoms with van der Waals surface area (Å²) in [7, 11) is 0. The summed E-state index contributed by atoms with van der Waals surface area (Å²) in [6.07, 6.45) is 0. The van der Waals surface area contributed by atoms with Crippen LogP contribution in [0.15, 0.2) is 23.1 Å². The molecule has 0 atom stereocenters. The molecular weight excluding hydrogens is 272 g/mol. The fraction of sp³-hybridized carbons (Fsp3) is 0.533. The van der Waals surface area contributed by atoms with Gasteiger partial charge in [0.25, 0.3) is 0 Å². The minimum Gasteiger partial charge on any atom is -0.490 e. The molecule has 4 nitrogen and oxygen atoms in total. The maximum Gasteiger partial charge on any atom is 0.131 e. The first-order valence-corrected chi connectivity index (χ1v) is 7.85. The van der Waals surface area contributed by atoms with Gasteiger partial charge >= 0.3 is 0 Å². The molecule has 112 valence electrons. The van der Waals surface area contributed by atoms with Crippen molar-refractivity contribution in [2.45, 2.75) is 25.7 Å². The number of hydrogen-bond donors (Lipinski definition) is 2. The van der Waals surface area contributed by atoms with Crippen LogP contribution in [0.4, 0.5) is 0 Å². The number of benzene rings is 1. The predicted molar refractivity (Wildman–Crippen MR) is 85.0 cm³/mol. The molecule has 1 rings (SSSR count). The maximum atomic E-state index is 7.72. The van der Waals surface area contributed by atoms with E-state index in [0.717, 1.165) is 17.3 Å². The van der Waals surface area contributed by atoms with Crippen LogP contribution in [-0.2, 0) is 4.74 Å². The average molecular weight is 296 g/mol. The Morgan fingerprint density at radius 1 is 1.35 bits per heavy atom. The second kappa shape index (κ2) is 8.87. The Kier molecular flexibility index (Phi) is 7.47. The van der Waals surface area contributed by atoms with E-state index < -0.39 is 0 Å². The van der Waals surface area contributed by atoms with E-state index in [-0.39, 0.29) is 5.84 Å². The number of ether oxygens (including phenoxy) is 2. The van der Waals surface area contributed by atoms with Crippen molar-refractivity contribution in [3.63, 3.8) is 0 Å². The van der Waals surface area contributed by atoms with Crippen molar-refractivity contribution in [3.8, 4) is 5.75 Å². The van der Waals surface area contributed by atoms with Gasteiger partial charge in [0.1, 0.15) is 18.2 Å². The first kappa shape index (κ1) is 16.9. The monoisotopic (exact) mass is 296 g/mol. The zero-order chi connectivity index (χ0) is 15.0. The Bertz CT molecular complexity index is 436. The van der Waals surface area contributed by atoms with Gasteiger partial charge in [0.2, 0.25) is 0 Å². The number of hydrogen-bond acceptors (Lipinski definition) is 4. The van der Waals surface area contributed by atoms with E-state index in [9.17, 15) is 0 Å². The SMILES string of the molecule is CCSc1cccc(OCCOCC(C)C)c1C(=N)N. The van der Waals surface area contributed by atoms with Gasteiger partial charge in [0.15, 0.2) is 0 Å². The maximum absolute atomic E-state index is 7.72. The Hall–Kier alpha value is -1.20. The highest BCUT2D eigenvalue weighted by Crippen LogP contribution is 2.29. The predicted octanol–water partition coefficient (Wildman–Crippen LogP) is 3.13. The van der Waals surface area contributed by atoms with Crippen LogP contribution < -0.4 is 10.5 Å². The molecule has 0 heterocycles. The number of nitrogens with two attached hydrogens (primary N) is 1. The van der Waals surface area contributed by atoms with E-state index in [2.05, 4.69) is 20.8 Å². The minimum atomic E-state index is 0.0413. The highest BCUT2D eigenvalue weighted by Gasteiger charge is 2.12. The van der Waals surface area contributed by atoms with Crippen LogP contribution in [0.5, 0.6) is 5.75 Å². The number of thioether (sulfide) groups is 1. The lowest BCUT2D eigenvalue weighted by Crippen LogP contribution is -2.16. The van der Waals surface area contributed by atoms with Crippen LogP contribution in [0, 0.1) is 11.3 Å². The number of nitrogens with one attached hydrogen (secondary N) is 1. The summed E-state index contributed by atoms with van der Waals surface area (Å²) in [5.74, 6) is 2.15. The van der Waals surface area contributed by atoms with Crippen LogP contribution >= 0.6 is 11.8 Å². The third-order valence-corrected chi connectivity index (χ3v) is 3.43. The van der Waals surface area contributed by atoms with Crippen molar-refractivity contribution in [2.24, 2.45) is 11.7 Å². The molecular formula is C15H24N2O2S. The van der Waals surface area contributed by atoms with Gasteiger partial charge in [-0.2, -0.15) is 0 Å². The van der Waals surface area contributed by atoms with Crippen LogP contribution in [0.2, 0.25) is 0 Å². The van der Waals surface area contributed by atoms with Crippen molar-refractivity contribution in [2.75, 3.05) is 25.6 Å². The van der Waals surface area contributed by atoms with E-state index in [1.807, 2.05) is 18.2 Å². The van der Waals surface area contributed by atoms with E-state index >= 15 is 0 Å². The zero-order valence-electron chi connectivity index (χ0n) is 12.4. The summed E-state index contributed by atoms with van der Waals surface area (Å²) >= 11 is 1.66. The smallest absolute Gasteiger partial charge is 0.131 e. The van der Waals surface area contributed by atoms with Crippen molar-refractivity contribution >= 4 is 17.6 Å². The second-order valence-electron chi connectivity index (χ2n) is 4.79. The summed E-state index contributed by atoms with van der Waals surface area (Å²) in [5.41, 5.74) is 6.36. The lowest BCUT2D eigenvalue weighted by Gasteiger charge is -2.14. The molecule has 0 aromatic heterocycles. The Morgan fingerprint density at radius 2 is 2.10 bits per heavy atom. The molecule has 20 heavy (non-hydrogen) atoms. The molecule has 0 bridgehead atoms. The molecule has 0 unspecified atom stereocenters. The van der Waals surface area contributed by atoms with Gasteiger partial charge in [-0.05, 0) is 23.8 Å². The molecule has 1 aromatic carbocycles. The van der Waals surface area contributed by atoms with Crippen molar-refractivity contribution < 1.29 is 9.47 Å². The average Bonchev–Trinajstić information content (AvgIpc) is 2.38. The number of amidine groups is 1. The zero-order valence-corrected chi connectivity index (χ0v) is 13.3. The Labute approximate surface area is 125 Å². The van der Waals surface area contributed by atoms with Crippen LogP contribution in [-0.4, -0.2) is 31.4 Å². The van der Waals surface area contributed by atoms with Gasteiger partial charge in [0.05, 0.1) is 12.2 Å². The molecule has 0 aliphatic heterocycles. The highest BCUT2D eigenvalue weighted by molar-refractivity contribution is 7.99. The third-order valence-electron chi connectivity index (χ3n) is 2.49. The first-order chi connectivity index (χ1) is 9.56. The Balaban J connectivity index is 2.64. The van der Waals surface area contributed by atoms with E-state index in [1.54, 1.807) is 11.8 Å². The molecule has 0 saturated carbocycles. The normalized spacial score (nSPS) is 10.8. The molecule has 3 N–H and O–H groups in total. The van der Waals surface area contributed by atoms with Crippen molar-refractivity contribution in [1.29, 1.82) is 5.41 Å². The summed E-state index contributed by atoms with van der Waals surface area (Å²) in [4.78, 5) is 0.987. The van der Waals surface area contributed by atoms with E-state index in [4.69, 9.17) is 20.6 Å². The highest BCUT2D eigenvalue weighted by atomic mass is 32.2. The van der Waals surface area contributed by atoms with Gasteiger partial charge in [-0.25, -0.2) is 0 Å². The summed E-state index contributed by atoms with van der Waals surface area (Å²) < 4.78 is 11.2. The molecule has 0 aliphatic carbocycles. The quantitative estimate of drug-likeness (QED) is 0.318. The lowest BCUT2D eigenvalue weighted by molar-refractivity contribution is 0.0818. The van der Waals surface area contributed by atoms with Crippen LogP contribution in [0.25, 0.3) is 0 Å². The summed E-state index contributed by atoms with van der Waals surface area (Å²) in [6, 6.07) is 5.74. The molecule has 0 fully saturated rings. The van der Waals surface area contributed by atoms with Gasteiger partial charge in [-0.1, -0.05) is 26.8 Å². The third kappa shape index (κ3) is 5.43. The first-order valence-electron chi connectivity index (χ1n) is 6.87. The standard InChI is InChI=1S/C15H24N2O2S/c1-4-20-13-7-5-6-12(14(13)15(16)17)19-9-8-18-10-11(2)3/h5-7,11H,4,8-10H2,1-3H3,(H3,16,17). The summed E-state index contributed by atoms with van der Waals surface area (Å²) in [6.45, 7) is 8.03. The van der Waals surface area contributed by atoms with Crippen LogP contribution in [0.1, 0.15) is 26.3 Å². The molecule has 0 radical (unpaired) electrons. The van der Waals surface area contributed by atoms with Gasteiger partial charge in [0, 0.05) is 11.5 Å². The molecule has 0 aliphatic rings. The van der Waals surface area contributed by atoms with E-state index in [1.165, 1.54) is 0 Å². The van der Waals surface area contributed by atoms with Crippen molar-refractivity contribution in [1.82, 2.24) is 0 Å². The lowest BCUT2D eigenvalue weighted by atomic mass is 10.2. The second-order valence-corrected chi connectivity index (χ2v) is 6.10. The van der Waals surface area contributed by atoms with Gasteiger partial charge < -0.3 is 15.2 Å². The van der Waals surface area contributed by atoms with E-state index in [0.29, 0.717) is 30.4 Å². The fourth-order valence-electron chi connectivity index (χ4n) is 1.70. The van der Waals surface area contributed by atoms with Gasteiger partial charge in [-0.3, -0.25) is 5.41 Å². The largest absolute Gasteiger partial charge is 0.490 e. The summed E-state index contributed by atoms with van der Waals surface area (Å²) in [5, 5.41) is 7.72. The van der Waals surface area contributed by atoms with Crippen molar-refractivity contribution in [3.05, 3.63) is 23.8 Å². The molecule has 0 spiro atoms. The number of nitrogen functional groups attached to an aromatic ring is 1.